The molecule has 17 nitrogen and oxygen atoms in total. The number of hydrogen-bond donors (Lipinski definition) is 3. The molecule has 0 aliphatic carbocycles. The van der Waals surface area contributed by atoms with Gasteiger partial charge in [0.15, 0.2) is 0 Å². The van der Waals surface area contributed by atoms with Gasteiger partial charge in [-0.2, -0.15) is 0 Å². The molecular formula is C29H32N6O11S2. The zero-order valence-corrected chi connectivity index (χ0v) is 27.0. The van der Waals surface area contributed by atoms with Crippen molar-refractivity contribution in [2.45, 2.75) is 18.9 Å². The van der Waals surface area contributed by atoms with Gasteiger partial charge in [0.05, 0.1) is 6.10 Å². The zero-order chi connectivity index (χ0) is 35.2. The summed E-state index contributed by atoms with van der Waals surface area (Å²) in [4.78, 5) is 118. The minimum atomic E-state index is -1.05. The molecule has 4 aliphatic heterocycles. The van der Waals surface area contributed by atoms with Gasteiger partial charge < -0.3 is 15.7 Å². The third kappa shape index (κ3) is 11.4. The second kappa shape index (κ2) is 18.5. The van der Waals surface area contributed by atoms with E-state index < -0.39 is 41.5 Å². The second-order valence-corrected chi connectivity index (χ2v) is 12.8. The van der Waals surface area contributed by atoms with Crippen molar-refractivity contribution in [1.82, 2.24) is 30.2 Å². The predicted octanol–water partition coefficient (Wildman–Crippen LogP) is -2.57. The van der Waals surface area contributed by atoms with Crippen LogP contribution in [0, 0.1) is 0 Å². The van der Waals surface area contributed by atoms with Crippen LogP contribution in [0.15, 0.2) is 48.6 Å². The monoisotopic (exact) mass is 704 g/mol. The fraction of sp³-hybridized carbons (Fsp3) is 0.379. The van der Waals surface area contributed by atoms with Crippen molar-refractivity contribution < 1.29 is 53.1 Å². The summed E-state index contributed by atoms with van der Waals surface area (Å²) in [5.74, 6) is -2.72. The molecule has 4 heterocycles. The Morgan fingerprint density at radius 2 is 0.750 bits per heavy atom. The molecule has 0 aromatic rings. The number of aliphatic hydroxyl groups is 1. The van der Waals surface area contributed by atoms with E-state index in [-0.39, 0.29) is 62.6 Å². The largest absolute Gasteiger partial charge is 0.389 e. The van der Waals surface area contributed by atoms with Crippen molar-refractivity contribution in [2.24, 2.45) is 0 Å². The van der Waals surface area contributed by atoms with Gasteiger partial charge in [0.2, 0.25) is 11.8 Å². The number of imide groups is 4. The standard InChI is InChI=1S/C17H20N4O7.C12H12N2O4S2/c22-11(9-18-12(23)5-7-20-14(25)1-2-15(20)26)10-19-13(24)6-8-21-16(27)3-4-17(21)28;15-9-1-2-10(16)13(9)5-7-19-20-8-6-14-11(17)3-4-12(14)18/h1-4,11,22H,5-10H2,(H,18,23)(H,19,24);1-4H,5-8H2. The first-order chi connectivity index (χ1) is 22.9. The van der Waals surface area contributed by atoms with Crippen LogP contribution in [0.1, 0.15) is 12.8 Å². The van der Waals surface area contributed by atoms with Gasteiger partial charge >= 0.3 is 0 Å². The van der Waals surface area contributed by atoms with Crippen LogP contribution in [0.3, 0.4) is 0 Å². The molecule has 0 aromatic carbocycles. The average molecular weight is 705 g/mol. The van der Waals surface area contributed by atoms with E-state index in [9.17, 15) is 53.1 Å². The van der Waals surface area contributed by atoms with E-state index in [0.717, 1.165) is 34.1 Å². The summed E-state index contributed by atoms with van der Waals surface area (Å²) >= 11 is 0. The molecule has 0 aromatic heterocycles. The number of amides is 10. The second-order valence-electron chi connectivity index (χ2n) is 10.1. The smallest absolute Gasteiger partial charge is 0.253 e. The van der Waals surface area contributed by atoms with Gasteiger partial charge in [-0.3, -0.25) is 67.5 Å². The van der Waals surface area contributed by atoms with Crippen LogP contribution in [-0.4, -0.2) is 141 Å². The molecule has 48 heavy (non-hydrogen) atoms. The van der Waals surface area contributed by atoms with Gasteiger partial charge in [-0.05, 0) is 0 Å². The van der Waals surface area contributed by atoms with E-state index in [4.69, 9.17) is 0 Å². The molecule has 0 spiro atoms. The first-order valence-corrected chi connectivity index (χ1v) is 17.0. The maximum atomic E-state index is 11.7. The maximum absolute atomic E-state index is 11.7. The lowest BCUT2D eigenvalue weighted by Gasteiger charge is -2.16. The van der Waals surface area contributed by atoms with Crippen molar-refractivity contribution in [3.63, 3.8) is 0 Å². The topological polar surface area (TPSA) is 228 Å². The predicted molar refractivity (Wildman–Crippen MR) is 170 cm³/mol. The molecule has 0 fully saturated rings. The number of rotatable bonds is 17. The Hall–Kier alpha value is -4.88. The number of aliphatic hydroxyl groups excluding tert-OH is 1. The summed E-state index contributed by atoms with van der Waals surface area (Å²) in [6.45, 7) is 0.341. The van der Waals surface area contributed by atoms with Crippen LogP contribution in [0.2, 0.25) is 0 Å². The quantitative estimate of drug-likeness (QED) is 0.0805. The molecule has 19 heteroatoms. The third-order valence-electron chi connectivity index (χ3n) is 6.68. The van der Waals surface area contributed by atoms with Crippen LogP contribution in [0.5, 0.6) is 0 Å². The molecule has 0 atom stereocenters. The maximum Gasteiger partial charge on any atom is 0.253 e. The number of hydrogen-bond acceptors (Lipinski definition) is 13. The zero-order valence-electron chi connectivity index (χ0n) is 25.4. The molecular weight excluding hydrogens is 672 g/mol. The fourth-order valence-corrected chi connectivity index (χ4v) is 6.02. The minimum absolute atomic E-state index is 0.0634. The molecule has 0 bridgehead atoms. The van der Waals surface area contributed by atoms with Crippen molar-refractivity contribution in [3.05, 3.63) is 48.6 Å². The molecule has 10 amide bonds. The van der Waals surface area contributed by atoms with E-state index >= 15 is 0 Å². The number of carbonyl (C=O) groups is 10. The first-order valence-electron chi connectivity index (χ1n) is 14.5. The lowest BCUT2D eigenvalue weighted by molar-refractivity contribution is -0.139. The summed E-state index contributed by atoms with van der Waals surface area (Å²) < 4.78 is 0. The van der Waals surface area contributed by atoms with Crippen molar-refractivity contribution >= 4 is 80.7 Å². The minimum Gasteiger partial charge on any atom is -0.389 e. The van der Waals surface area contributed by atoms with E-state index in [0.29, 0.717) is 24.6 Å². The molecule has 256 valence electrons. The molecule has 4 aliphatic rings. The lowest BCUT2D eigenvalue weighted by atomic mass is 10.3. The van der Waals surface area contributed by atoms with Crippen LogP contribution < -0.4 is 10.6 Å². The Morgan fingerprint density at radius 3 is 1.02 bits per heavy atom. The highest BCUT2D eigenvalue weighted by molar-refractivity contribution is 8.76. The van der Waals surface area contributed by atoms with Gasteiger partial charge in [0.1, 0.15) is 0 Å². The van der Waals surface area contributed by atoms with Crippen LogP contribution in [0.25, 0.3) is 0 Å². The van der Waals surface area contributed by atoms with E-state index in [1.807, 2.05) is 0 Å². The molecule has 0 radical (unpaired) electrons. The van der Waals surface area contributed by atoms with Gasteiger partial charge in [-0.25, -0.2) is 0 Å². The van der Waals surface area contributed by atoms with Gasteiger partial charge in [0, 0.05) is 112 Å². The fourth-order valence-electron chi connectivity index (χ4n) is 4.12. The Balaban J connectivity index is 0.000000275. The SMILES string of the molecule is O=C(CCN1C(=O)C=CC1=O)NCC(O)CNC(=O)CCN1C(=O)C=CC1=O.O=C1C=CC(=O)N1CCSSCCN1C(=O)C=CC1=O. The highest BCUT2D eigenvalue weighted by Crippen LogP contribution is 2.22. The molecule has 3 N–H and O–H groups in total. The summed E-state index contributed by atoms with van der Waals surface area (Å²) in [7, 11) is 3.01. The Labute approximate surface area is 281 Å². The van der Waals surface area contributed by atoms with Crippen molar-refractivity contribution in [1.29, 1.82) is 0 Å². The van der Waals surface area contributed by atoms with E-state index in [1.54, 1.807) is 0 Å². The van der Waals surface area contributed by atoms with Crippen LogP contribution >= 0.6 is 21.6 Å². The molecule has 4 rings (SSSR count). The van der Waals surface area contributed by atoms with Gasteiger partial charge in [0.25, 0.3) is 47.3 Å². The number of nitrogens with zero attached hydrogens (tertiary/aromatic N) is 4. The van der Waals surface area contributed by atoms with E-state index in [2.05, 4.69) is 10.6 Å². The average Bonchev–Trinajstić information content (AvgIpc) is 3.77. The normalized spacial score (nSPS) is 16.8. The van der Waals surface area contributed by atoms with Crippen molar-refractivity contribution in [2.75, 3.05) is 50.8 Å². The van der Waals surface area contributed by atoms with Gasteiger partial charge in [-0.1, -0.05) is 21.6 Å². The summed E-state index contributed by atoms with van der Waals surface area (Å²) in [6, 6.07) is 0. The molecule has 0 unspecified atom stereocenters. The van der Waals surface area contributed by atoms with Crippen LogP contribution in [-0.2, 0) is 47.9 Å². The highest BCUT2D eigenvalue weighted by atomic mass is 33.1. The summed E-state index contributed by atoms with van der Waals surface area (Å²) in [5, 5.41) is 14.7. The summed E-state index contributed by atoms with van der Waals surface area (Å²) in [6.07, 6.45) is 8.27. The Kier molecular flexibility index (Phi) is 14.4. The molecule has 0 saturated carbocycles. The third-order valence-corrected chi connectivity index (χ3v) is 9.04. The summed E-state index contributed by atoms with van der Waals surface area (Å²) in [5.41, 5.74) is 0. The number of carbonyl (C=O) groups excluding carboxylic acids is 10. The van der Waals surface area contributed by atoms with Crippen LogP contribution in [0.4, 0.5) is 0 Å². The Morgan fingerprint density at radius 1 is 0.500 bits per heavy atom. The molecule has 0 saturated heterocycles. The lowest BCUT2D eigenvalue weighted by Crippen LogP contribution is -2.42. The first kappa shape index (κ1) is 37.6. The van der Waals surface area contributed by atoms with Gasteiger partial charge in [-0.15, -0.1) is 0 Å². The highest BCUT2D eigenvalue weighted by Gasteiger charge is 2.26. The van der Waals surface area contributed by atoms with E-state index in [1.165, 1.54) is 55.7 Å². The van der Waals surface area contributed by atoms with Crippen molar-refractivity contribution in [3.8, 4) is 0 Å². The number of nitrogens with one attached hydrogen (secondary N) is 2. The Bertz CT molecular complexity index is 1310.